The average Bonchev–Trinajstić information content (AvgIpc) is 2.43. The van der Waals surface area contributed by atoms with Gasteiger partial charge in [0, 0.05) is 19.5 Å². The molecule has 1 heterocycles. The number of amides is 1. The van der Waals surface area contributed by atoms with Crippen LogP contribution in [0.25, 0.3) is 0 Å². The predicted octanol–water partition coefficient (Wildman–Crippen LogP) is 1.32. The Labute approximate surface area is 128 Å². The van der Waals surface area contributed by atoms with Crippen molar-refractivity contribution in [3.05, 3.63) is 0 Å². The van der Waals surface area contributed by atoms with Crippen molar-refractivity contribution in [3.8, 4) is 0 Å². The molecule has 6 heteroatoms. The van der Waals surface area contributed by atoms with Gasteiger partial charge < -0.3 is 10.6 Å². The number of nitrogens with two attached hydrogens (primary N) is 1. The summed E-state index contributed by atoms with van der Waals surface area (Å²) in [4.78, 5) is 14.3. The Balaban J connectivity index is 2.04. The van der Waals surface area contributed by atoms with Crippen LogP contribution in [0.4, 0.5) is 0 Å². The van der Waals surface area contributed by atoms with Crippen LogP contribution < -0.4 is 5.73 Å². The molecule has 0 spiro atoms. The van der Waals surface area contributed by atoms with Crippen LogP contribution in [0.15, 0.2) is 0 Å². The quantitative estimate of drug-likeness (QED) is 0.851. The number of hydrogen-bond acceptors (Lipinski definition) is 4. The minimum Gasteiger partial charge on any atom is -0.340 e. The maximum absolute atomic E-state index is 12.6. The van der Waals surface area contributed by atoms with E-state index >= 15 is 0 Å². The molecule has 1 aliphatic heterocycles. The molecule has 5 nitrogen and oxygen atoms in total. The van der Waals surface area contributed by atoms with Gasteiger partial charge in [-0.05, 0) is 38.6 Å². The molecule has 2 fully saturated rings. The first-order chi connectivity index (χ1) is 9.71. The number of sulfone groups is 1. The van der Waals surface area contributed by atoms with E-state index in [4.69, 9.17) is 5.73 Å². The predicted molar refractivity (Wildman–Crippen MR) is 83.6 cm³/mol. The van der Waals surface area contributed by atoms with Crippen molar-refractivity contribution >= 4 is 15.7 Å². The molecule has 2 aliphatic rings. The smallest absolute Gasteiger partial charge is 0.223 e. The lowest BCUT2D eigenvalue weighted by Gasteiger charge is -2.41. The largest absolute Gasteiger partial charge is 0.340 e. The third-order valence-electron chi connectivity index (χ3n) is 5.27. The summed E-state index contributed by atoms with van der Waals surface area (Å²) in [6.45, 7) is 4.59. The van der Waals surface area contributed by atoms with E-state index in [9.17, 15) is 13.2 Å². The van der Waals surface area contributed by atoms with Crippen molar-refractivity contribution in [3.63, 3.8) is 0 Å². The van der Waals surface area contributed by atoms with E-state index in [1.807, 2.05) is 0 Å². The summed E-state index contributed by atoms with van der Waals surface area (Å²) in [5.41, 5.74) is 5.89. The highest BCUT2D eigenvalue weighted by Gasteiger charge is 2.43. The lowest BCUT2D eigenvalue weighted by molar-refractivity contribution is -0.134. The maximum Gasteiger partial charge on any atom is 0.223 e. The molecule has 1 aliphatic carbocycles. The summed E-state index contributed by atoms with van der Waals surface area (Å²) in [5, 5.41) is 0. The van der Waals surface area contributed by atoms with Crippen molar-refractivity contribution in [1.82, 2.24) is 4.90 Å². The van der Waals surface area contributed by atoms with E-state index in [0.29, 0.717) is 26.1 Å². The summed E-state index contributed by atoms with van der Waals surface area (Å²) in [6, 6.07) is 0. The van der Waals surface area contributed by atoms with Gasteiger partial charge in [-0.3, -0.25) is 4.79 Å². The summed E-state index contributed by atoms with van der Waals surface area (Å²) in [6.07, 6.45) is 6.02. The molecule has 0 bridgehead atoms. The molecular weight excluding hydrogens is 288 g/mol. The molecule has 1 saturated carbocycles. The molecule has 0 aromatic heterocycles. The fraction of sp³-hybridized carbons (Fsp3) is 0.933. The minimum atomic E-state index is -3.10. The molecule has 0 aromatic rings. The van der Waals surface area contributed by atoms with E-state index < -0.39 is 14.6 Å². The lowest BCUT2D eigenvalue weighted by atomic mass is 9.71. The maximum atomic E-state index is 12.6. The minimum absolute atomic E-state index is 0.0597. The van der Waals surface area contributed by atoms with Crippen LogP contribution in [0.3, 0.4) is 0 Å². The first kappa shape index (κ1) is 16.7. The second-order valence-corrected chi connectivity index (χ2v) is 10.1. The Bertz CT molecular complexity index is 493. The second-order valence-electron chi connectivity index (χ2n) is 7.34. The highest BCUT2D eigenvalue weighted by Crippen LogP contribution is 2.39. The number of carbonyl (C=O) groups excluding carboxylic acids is 1. The molecule has 0 radical (unpaired) electrons. The third-order valence-corrected chi connectivity index (χ3v) is 7.80. The first-order valence-corrected chi connectivity index (χ1v) is 9.57. The SMILES string of the molecule is CC1(C)CN(C(=O)CC2(CN)CCCCC2)CCS1(=O)=O. The van der Waals surface area contributed by atoms with E-state index in [2.05, 4.69) is 0 Å². The number of rotatable bonds is 3. The van der Waals surface area contributed by atoms with Gasteiger partial charge in [0.1, 0.15) is 0 Å². The molecule has 21 heavy (non-hydrogen) atoms. The van der Waals surface area contributed by atoms with Gasteiger partial charge in [-0.15, -0.1) is 0 Å². The van der Waals surface area contributed by atoms with Gasteiger partial charge in [-0.25, -0.2) is 8.42 Å². The van der Waals surface area contributed by atoms with Crippen LogP contribution in [-0.2, 0) is 14.6 Å². The van der Waals surface area contributed by atoms with Crippen molar-refractivity contribution in [2.24, 2.45) is 11.1 Å². The molecule has 1 saturated heterocycles. The number of hydrogen-bond donors (Lipinski definition) is 1. The molecule has 0 aromatic carbocycles. The molecule has 2 rings (SSSR count). The van der Waals surface area contributed by atoms with Crippen molar-refractivity contribution in [1.29, 1.82) is 0 Å². The Morgan fingerprint density at radius 3 is 2.33 bits per heavy atom. The van der Waals surface area contributed by atoms with Crippen LogP contribution >= 0.6 is 0 Å². The Kier molecular flexibility index (Phi) is 4.69. The van der Waals surface area contributed by atoms with E-state index in [1.54, 1.807) is 18.7 Å². The zero-order chi connectivity index (χ0) is 15.7. The van der Waals surface area contributed by atoms with Gasteiger partial charge in [0.15, 0.2) is 9.84 Å². The monoisotopic (exact) mass is 316 g/mol. The number of carbonyl (C=O) groups is 1. The third kappa shape index (κ3) is 3.42. The summed E-state index contributed by atoms with van der Waals surface area (Å²) in [7, 11) is -3.10. The molecule has 0 unspecified atom stereocenters. The summed E-state index contributed by atoms with van der Waals surface area (Å²) in [5.74, 6) is 0.145. The second kappa shape index (κ2) is 5.88. The molecule has 0 atom stereocenters. The van der Waals surface area contributed by atoms with Crippen LogP contribution in [0.5, 0.6) is 0 Å². The van der Waals surface area contributed by atoms with Gasteiger partial charge in [-0.1, -0.05) is 19.3 Å². The zero-order valence-corrected chi connectivity index (χ0v) is 14.0. The van der Waals surface area contributed by atoms with Gasteiger partial charge >= 0.3 is 0 Å². The summed E-state index contributed by atoms with van der Waals surface area (Å²) < 4.78 is 23.2. The van der Waals surface area contributed by atoms with Crippen LogP contribution in [0, 0.1) is 5.41 Å². The van der Waals surface area contributed by atoms with Crippen molar-refractivity contribution < 1.29 is 13.2 Å². The average molecular weight is 316 g/mol. The van der Waals surface area contributed by atoms with Crippen LogP contribution in [0.2, 0.25) is 0 Å². The Hall–Kier alpha value is -0.620. The molecule has 122 valence electrons. The Morgan fingerprint density at radius 2 is 1.81 bits per heavy atom. The fourth-order valence-electron chi connectivity index (χ4n) is 3.54. The lowest BCUT2D eigenvalue weighted by Crippen LogP contribution is -2.55. The molecule has 2 N–H and O–H groups in total. The summed E-state index contributed by atoms with van der Waals surface area (Å²) >= 11 is 0. The molecule has 1 amide bonds. The number of nitrogens with zero attached hydrogens (tertiary/aromatic N) is 1. The standard InChI is InChI=1S/C15H28N2O3S/c1-14(2)12-17(8-9-21(14,19)20)13(18)10-15(11-16)6-4-3-5-7-15/h3-12,16H2,1-2H3. The van der Waals surface area contributed by atoms with E-state index in [1.165, 1.54) is 6.42 Å². The first-order valence-electron chi connectivity index (χ1n) is 7.92. The van der Waals surface area contributed by atoms with Gasteiger partial charge in [0.05, 0.1) is 10.5 Å². The zero-order valence-electron chi connectivity index (χ0n) is 13.2. The van der Waals surface area contributed by atoms with E-state index in [0.717, 1.165) is 25.7 Å². The Morgan fingerprint density at radius 1 is 1.19 bits per heavy atom. The highest BCUT2D eigenvalue weighted by molar-refractivity contribution is 7.92. The highest BCUT2D eigenvalue weighted by atomic mass is 32.2. The van der Waals surface area contributed by atoms with Crippen molar-refractivity contribution in [2.45, 2.75) is 57.1 Å². The fourth-order valence-corrected chi connectivity index (χ4v) is 4.91. The van der Waals surface area contributed by atoms with Crippen molar-refractivity contribution in [2.75, 3.05) is 25.4 Å². The van der Waals surface area contributed by atoms with Gasteiger partial charge in [-0.2, -0.15) is 0 Å². The van der Waals surface area contributed by atoms with Gasteiger partial charge in [0.25, 0.3) is 0 Å². The van der Waals surface area contributed by atoms with Crippen LogP contribution in [-0.4, -0.2) is 49.4 Å². The molecular formula is C15H28N2O3S. The van der Waals surface area contributed by atoms with E-state index in [-0.39, 0.29) is 17.1 Å². The normalized spacial score (nSPS) is 27.3. The van der Waals surface area contributed by atoms with Crippen LogP contribution in [0.1, 0.15) is 52.4 Å². The topological polar surface area (TPSA) is 80.5 Å². The van der Waals surface area contributed by atoms with Gasteiger partial charge in [0.2, 0.25) is 5.91 Å².